The van der Waals surface area contributed by atoms with E-state index in [4.69, 9.17) is 0 Å². The number of hydrogen-bond acceptors (Lipinski definition) is 3. The highest BCUT2D eigenvalue weighted by molar-refractivity contribution is 7.92. The summed E-state index contributed by atoms with van der Waals surface area (Å²) in [6.45, 7) is 2.17. The molecule has 1 heterocycles. The second kappa shape index (κ2) is 5.46. The first-order chi connectivity index (χ1) is 8.95. The van der Waals surface area contributed by atoms with Crippen LogP contribution < -0.4 is 4.31 Å². The van der Waals surface area contributed by atoms with Crippen LogP contribution in [0.1, 0.15) is 37.9 Å². The number of sulfonamides is 1. The van der Waals surface area contributed by atoms with Gasteiger partial charge in [-0.25, -0.2) is 12.8 Å². The molecule has 6 heteroatoms. The van der Waals surface area contributed by atoms with Crippen LogP contribution in [0.15, 0.2) is 18.2 Å². The third-order valence-electron chi connectivity index (χ3n) is 3.31. The van der Waals surface area contributed by atoms with Crippen LogP contribution in [0.5, 0.6) is 0 Å². The van der Waals surface area contributed by atoms with E-state index < -0.39 is 21.9 Å². The SMILES string of the molecule is CCCCS(=O)(=O)N1CCC(O)c2cc(F)ccc21. The van der Waals surface area contributed by atoms with E-state index in [1.165, 1.54) is 22.5 Å². The normalized spacial score (nSPS) is 19.3. The summed E-state index contributed by atoms with van der Waals surface area (Å²) in [6.07, 6.45) is 0.884. The Morgan fingerprint density at radius 3 is 2.89 bits per heavy atom. The molecule has 0 aliphatic carbocycles. The van der Waals surface area contributed by atoms with Crippen LogP contribution in [0.4, 0.5) is 10.1 Å². The quantitative estimate of drug-likeness (QED) is 0.923. The number of rotatable bonds is 4. The van der Waals surface area contributed by atoms with Crippen LogP contribution in [0, 0.1) is 5.82 Å². The number of halogens is 1. The van der Waals surface area contributed by atoms with Crippen LogP contribution in [0.3, 0.4) is 0 Å². The molecule has 0 bridgehead atoms. The Labute approximate surface area is 112 Å². The Morgan fingerprint density at radius 1 is 1.47 bits per heavy atom. The standard InChI is InChI=1S/C13H18FNO3S/c1-2-3-8-19(17,18)15-7-6-13(16)11-9-10(14)4-5-12(11)15/h4-5,9,13,16H,2-3,6-8H2,1H3. The second-order valence-electron chi connectivity index (χ2n) is 4.75. The van der Waals surface area contributed by atoms with Crippen molar-refractivity contribution in [1.82, 2.24) is 0 Å². The average molecular weight is 287 g/mol. The van der Waals surface area contributed by atoms with Gasteiger partial charge in [0.25, 0.3) is 0 Å². The van der Waals surface area contributed by atoms with Crippen molar-refractivity contribution in [1.29, 1.82) is 0 Å². The molecule has 0 saturated carbocycles. The van der Waals surface area contributed by atoms with Gasteiger partial charge in [0.2, 0.25) is 10.0 Å². The number of aliphatic hydroxyl groups is 1. The zero-order valence-electron chi connectivity index (χ0n) is 10.8. The Kier molecular flexibility index (Phi) is 4.10. The number of fused-ring (bicyclic) bond motifs is 1. The highest BCUT2D eigenvalue weighted by Gasteiger charge is 2.31. The van der Waals surface area contributed by atoms with E-state index in [0.29, 0.717) is 24.1 Å². The van der Waals surface area contributed by atoms with Gasteiger partial charge in [-0.1, -0.05) is 13.3 Å². The summed E-state index contributed by atoms with van der Waals surface area (Å²) in [5.41, 5.74) is 0.752. The van der Waals surface area contributed by atoms with E-state index in [1.54, 1.807) is 0 Å². The molecule has 1 aliphatic heterocycles. The van der Waals surface area contributed by atoms with Crippen molar-refractivity contribution in [3.8, 4) is 0 Å². The fourth-order valence-corrected chi connectivity index (χ4v) is 3.98. The Morgan fingerprint density at radius 2 is 2.21 bits per heavy atom. The Bertz CT molecular complexity index is 559. The molecule has 106 valence electrons. The van der Waals surface area contributed by atoms with E-state index >= 15 is 0 Å². The molecule has 4 nitrogen and oxygen atoms in total. The van der Waals surface area contributed by atoms with Crippen LogP contribution in [-0.2, 0) is 10.0 Å². The van der Waals surface area contributed by atoms with Gasteiger partial charge in [0.1, 0.15) is 5.82 Å². The van der Waals surface area contributed by atoms with Gasteiger partial charge in [-0.15, -0.1) is 0 Å². The summed E-state index contributed by atoms with van der Waals surface area (Å²) in [5.74, 6) is -0.387. The molecule has 0 amide bonds. The highest BCUT2D eigenvalue weighted by atomic mass is 32.2. The molecule has 0 saturated heterocycles. The fraction of sp³-hybridized carbons (Fsp3) is 0.538. The summed E-state index contributed by atoms with van der Waals surface area (Å²) in [4.78, 5) is 0. The van der Waals surface area contributed by atoms with E-state index in [0.717, 1.165) is 6.42 Å². The van der Waals surface area contributed by atoms with E-state index in [9.17, 15) is 17.9 Å². The molecule has 1 atom stereocenters. The number of anilines is 1. The molecular formula is C13H18FNO3S. The maximum absolute atomic E-state index is 13.2. The smallest absolute Gasteiger partial charge is 0.235 e. The van der Waals surface area contributed by atoms with Crippen LogP contribution in [-0.4, -0.2) is 25.8 Å². The number of aliphatic hydroxyl groups excluding tert-OH is 1. The predicted octanol–water partition coefficient (Wildman–Crippen LogP) is 2.20. The van der Waals surface area contributed by atoms with Gasteiger partial charge in [0.05, 0.1) is 17.5 Å². The molecule has 1 N–H and O–H groups in total. The summed E-state index contributed by atoms with van der Waals surface area (Å²) < 4.78 is 39.0. The van der Waals surface area contributed by atoms with Gasteiger partial charge in [-0.05, 0) is 31.0 Å². The summed E-state index contributed by atoms with van der Waals surface area (Å²) in [6, 6.07) is 3.86. The lowest BCUT2D eigenvalue weighted by molar-refractivity contribution is 0.166. The van der Waals surface area contributed by atoms with Crippen LogP contribution in [0.25, 0.3) is 0 Å². The van der Waals surface area contributed by atoms with E-state index in [2.05, 4.69) is 0 Å². The van der Waals surface area contributed by atoms with Crippen molar-refractivity contribution >= 4 is 15.7 Å². The summed E-state index contributed by atoms with van der Waals surface area (Å²) in [5, 5.41) is 9.86. The van der Waals surface area contributed by atoms with Gasteiger partial charge in [0, 0.05) is 12.1 Å². The lowest BCUT2D eigenvalue weighted by Crippen LogP contribution is -2.38. The minimum absolute atomic E-state index is 0.0798. The molecule has 1 aromatic carbocycles. The summed E-state index contributed by atoms with van der Waals surface area (Å²) in [7, 11) is -3.40. The van der Waals surface area contributed by atoms with Gasteiger partial charge >= 0.3 is 0 Å². The van der Waals surface area contributed by atoms with Crippen molar-refractivity contribution in [2.75, 3.05) is 16.6 Å². The second-order valence-corrected chi connectivity index (χ2v) is 6.76. The molecule has 1 aromatic rings. The zero-order valence-corrected chi connectivity index (χ0v) is 11.7. The number of nitrogens with zero attached hydrogens (tertiary/aromatic N) is 1. The van der Waals surface area contributed by atoms with Crippen molar-refractivity contribution in [3.05, 3.63) is 29.6 Å². The molecule has 1 unspecified atom stereocenters. The molecule has 19 heavy (non-hydrogen) atoms. The van der Waals surface area contributed by atoms with Gasteiger partial charge < -0.3 is 5.11 Å². The fourth-order valence-electron chi connectivity index (χ4n) is 2.26. The lowest BCUT2D eigenvalue weighted by Gasteiger charge is -2.33. The average Bonchev–Trinajstić information content (AvgIpc) is 2.37. The largest absolute Gasteiger partial charge is 0.388 e. The highest BCUT2D eigenvalue weighted by Crippen LogP contribution is 2.35. The first-order valence-electron chi connectivity index (χ1n) is 6.43. The van der Waals surface area contributed by atoms with Crippen molar-refractivity contribution in [2.45, 2.75) is 32.3 Å². The maximum atomic E-state index is 13.2. The third-order valence-corrected chi connectivity index (χ3v) is 5.17. The van der Waals surface area contributed by atoms with Crippen LogP contribution in [0.2, 0.25) is 0 Å². The summed E-state index contributed by atoms with van der Waals surface area (Å²) >= 11 is 0. The first-order valence-corrected chi connectivity index (χ1v) is 8.04. The van der Waals surface area contributed by atoms with Crippen molar-refractivity contribution in [3.63, 3.8) is 0 Å². The topological polar surface area (TPSA) is 57.6 Å². The first kappa shape index (κ1) is 14.3. The van der Waals surface area contributed by atoms with Gasteiger partial charge in [-0.3, -0.25) is 4.31 Å². The molecule has 0 radical (unpaired) electrons. The zero-order chi connectivity index (χ0) is 14.0. The predicted molar refractivity (Wildman–Crippen MR) is 72.0 cm³/mol. The molecule has 2 rings (SSSR count). The molecule has 1 aliphatic rings. The van der Waals surface area contributed by atoms with Crippen LogP contribution >= 0.6 is 0 Å². The monoisotopic (exact) mass is 287 g/mol. The van der Waals surface area contributed by atoms with Gasteiger partial charge in [-0.2, -0.15) is 0 Å². The maximum Gasteiger partial charge on any atom is 0.235 e. The Hall–Kier alpha value is -1.14. The number of benzene rings is 1. The number of hydrogen-bond donors (Lipinski definition) is 1. The Balaban J connectivity index is 2.38. The minimum Gasteiger partial charge on any atom is -0.388 e. The molecule has 0 aromatic heterocycles. The van der Waals surface area contributed by atoms with E-state index in [1.807, 2.05) is 6.92 Å². The molecular weight excluding hydrogens is 269 g/mol. The van der Waals surface area contributed by atoms with Crippen molar-refractivity contribution < 1.29 is 17.9 Å². The van der Waals surface area contributed by atoms with Crippen molar-refractivity contribution in [2.24, 2.45) is 0 Å². The molecule has 0 spiro atoms. The third kappa shape index (κ3) is 2.90. The molecule has 0 fully saturated rings. The lowest BCUT2D eigenvalue weighted by atomic mass is 10.0. The minimum atomic E-state index is -3.40. The number of unbranched alkanes of at least 4 members (excludes halogenated alkanes) is 1. The van der Waals surface area contributed by atoms with Gasteiger partial charge in [0.15, 0.2) is 0 Å². The van der Waals surface area contributed by atoms with E-state index in [-0.39, 0.29) is 12.3 Å².